The van der Waals surface area contributed by atoms with Gasteiger partial charge in [0, 0.05) is 31.9 Å². The van der Waals surface area contributed by atoms with Crippen LogP contribution in [0.4, 0.5) is 0 Å². The second-order valence-electron chi connectivity index (χ2n) is 4.03. The van der Waals surface area contributed by atoms with Crippen LogP contribution in [-0.4, -0.2) is 28.8 Å². The smallest absolute Gasteiger partial charge is 0.226 e. The molecule has 2 heterocycles. The first-order valence-electron chi connectivity index (χ1n) is 5.16. The molecule has 2 rings (SSSR count). The highest BCUT2D eigenvalue weighted by Crippen LogP contribution is 2.12. The molecule has 0 aromatic carbocycles. The van der Waals surface area contributed by atoms with E-state index < -0.39 is 0 Å². The van der Waals surface area contributed by atoms with Gasteiger partial charge in [-0.3, -0.25) is 9.48 Å². The number of hydrogen-bond acceptors (Lipinski definition) is 3. The van der Waals surface area contributed by atoms with Gasteiger partial charge in [-0.15, -0.1) is 12.4 Å². The minimum atomic E-state index is 0. The molecule has 16 heavy (non-hydrogen) atoms. The summed E-state index contributed by atoms with van der Waals surface area (Å²) in [4.78, 5) is 11.6. The van der Waals surface area contributed by atoms with Crippen LogP contribution in [0.15, 0.2) is 12.4 Å². The van der Waals surface area contributed by atoms with Crippen molar-refractivity contribution in [2.45, 2.75) is 13.0 Å². The van der Waals surface area contributed by atoms with Crippen molar-refractivity contribution in [3.05, 3.63) is 18.0 Å². The van der Waals surface area contributed by atoms with E-state index in [1.54, 1.807) is 10.9 Å². The van der Waals surface area contributed by atoms with Crippen molar-refractivity contribution in [2.75, 3.05) is 13.1 Å². The summed E-state index contributed by atoms with van der Waals surface area (Å²) in [6.07, 6.45) is 3.70. The number of halogens is 1. The van der Waals surface area contributed by atoms with Crippen molar-refractivity contribution in [2.24, 2.45) is 13.0 Å². The second kappa shape index (κ2) is 5.32. The average Bonchev–Trinajstić information content (AvgIpc) is 2.48. The van der Waals surface area contributed by atoms with Crippen molar-refractivity contribution in [1.29, 1.82) is 0 Å². The zero-order valence-electron chi connectivity index (χ0n) is 9.43. The molecule has 1 aliphatic rings. The summed E-state index contributed by atoms with van der Waals surface area (Å²) < 4.78 is 1.74. The molecule has 1 unspecified atom stereocenters. The van der Waals surface area contributed by atoms with E-state index in [9.17, 15) is 4.79 Å². The Bertz CT molecular complexity index is 361. The largest absolute Gasteiger partial charge is 0.349 e. The Kier molecular flexibility index (Phi) is 4.32. The predicted octanol–water partition coefficient (Wildman–Crippen LogP) is 0.238. The van der Waals surface area contributed by atoms with Crippen LogP contribution in [-0.2, 0) is 11.8 Å². The Hall–Kier alpha value is -1.07. The molecule has 1 fully saturated rings. The Morgan fingerprint density at radius 3 is 2.81 bits per heavy atom. The van der Waals surface area contributed by atoms with Gasteiger partial charge in [-0.05, 0) is 6.92 Å². The van der Waals surface area contributed by atoms with Gasteiger partial charge >= 0.3 is 0 Å². The van der Waals surface area contributed by atoms with Gasteiger partial charge in [0.1, 0.15) is 0 Å². The van der Waals surface area contributed by atoms with E-state index in [2.05, 4.69) is 15.7 Å². The van der Waals surface area contributed by atoms with Crippen LogP contribution in [0.25, 0.3) is 0 Å². The maximum Gasteiger partial charge on any atom is 0.226 e. The van der Waals surface area contributed by atoms with Gasteiger partial charge in [0.25, 0.3) is 0 Å². The highest BCUT2D eigenvalue weighted by molar-refractivity contribution is 5.85. The Labute approximate surface area is 101 Å². The molecule has 1 aliphatic heterocycles. The molecule has 2 N–H and O–H groups in total. The summed E-state index contributed by atoms with van der Waals surface area (Å²) >= 11 is 0. The van der Waals surface area contributed by atoms with E-state index >= 15 is 0 Å². The summed E-state index contributed by atoms with van der Waals surface area (Å²) in [5.74, 6) is 0.272. The number of aromatic nitrogens is 2. The van der Waals surface area contributed by atoms with Crippen LogP contribution in [0.3, 0.4) is 0 Å². The molecular weight excluding hydrogens is 228 g/mol. The van der Waals surface area contributed by atoms with Crippen LogP contribution in [0.5, 0.6) is 0 Å². The number of nitrogens with zero attached hydrogens (tertiary/aromatic N) is 2. The fourth-order valence-corrected chi connectivity index (χ4v) is 1.55. The SMILES string of the molecule is CC(NC(=O)C1CNC1)c1cnn(C)c1.Cl. The molecule has 6 heteroatoms. The van der Waals surface area contributed by atoms with Crippen molar-refractivity contribution in [3.63, 3.8) is 0 Å². The summed E-state index contributed by atoms with van der Waals surface area (Å²) in [5.41, 5.74) is 1.04. The van der Waals surface area contributed by atoms with E-state index in [1.165, 1.54) is 0 Å². The van der Waals surface area contributed by atoms with E-state index in [0.29, 0.717) is 0 Å². The molecule has 1 aromatic heterocycles. The van der Waals surface area contributed by atoms with Crippen molar-refractivity contribution >= 4 is 18.3 Å². The highest BCUT2D eigenvalue weighted by Gasteiger charge is 2.26. The van der Waals surface area contributed by atoms with Gasteiger partial charge < -0.3 is 10.6 Å². The molecule has 1 atom stereocenters. The van der Waals surface area contributed by atoms with E-state index in [4.69, 9.17) is 0 Å². The first kappa shape index (κ1) is 13.0. The molecule has 1 saturated heterocycles. The van der Waals surface area contributed by atoms with Crippen LogP contribution in [0.2, 0.25) is 0 Å². The second-order valence-corrected chi connectivity index (χ2v) is 4.03. The lowest BCUT2D eigenvalue weighted by Crippen LogP contribution is -2.51. The third kappa shape index (κ3) is 2.74. The zero-order chi connectivity index (χ0) is 10.8. The first-order valence-corrected chi connectivity index (χ1v) is 5.16. The molecule has 0 radical (unpaired) electrons. The van der Waals surface area contributed by atoms with Crippen molar-refractivity contribution < 1.29 is 4.79 Å². The van der Waals surface area contributed by atoms with Crippen LogP contribution in [0, 0.1) is 5.92 Å². The summed E-state index contributed by atoms with van der Waals surface area (Å²) in [6, 6.07) is 0.0341. The van der Waals surface area contributed by atoms with Gasteiger partial charge in [-0.1, -0.05) is 0 Å². The highest BCUT2D eigenvalue weighted by atomic mass is 35.5. The maximum atomic E-state index is 11.6. The quantitative estimate of drug-likeness (QED) is 0.801. The molecule has 0 saturated carbocycles. The lowest BCUT2D eigenvalue weighted by atomic mass is 10.0. The average molecular weight is 245 g/mol. The van der Waals surface area contributed by atoms with Crippen LogP contribution in [0.1, 0.15) is 18.5 Å². The lowest BCUT2D eigenvalue weighted by Gasteiger charge is -2.27. The Morgan fingerprint density at radius 2 is 2.38 bits per heavy atom. The monoisotopic (exact) mass is 244 g/mol. The van der Waals surface area contributed by atoms with Gasteiger partial charge in [0.2, 0.25) is 5.91 Å². The minimum Gasteiger partial charge on any atom is -0.349 e. The number of amides is 1. The maximum absolute atomic E-state index is 11.6. The standard InChI is InChI=1S/C10H16N4O.ClH/c1-7(9-5-12-14(2)6-9)13-10(15)8-3-11-4-8;/h5-8,11H,3-4H2,1-2H3,(H,13,15);1H. The van der Waals surface area contributed by atoms with E-state index in [-0.39, 0.29) is 30.3 Å². The van der Waals surface area contributed by atoms with Gasteiger partial charge in [-0.2, -0.15) is 5.10 Å². The summed E-state index contributed by atoms with van der Waals surface area (Å²) in [6.45, 7) is 3.57. The molecule has 1 amide bonds. The summed E-state index contributed by atoms with van der Waals surface area (Å²) in [5, 5.41) is 10.1. The number of carbonyl (C=O) groups excluding carboxylic acids is 1. The predicted molar refractivity (Wildman–Crippen MR) is 63.4 cm³/mol. The minimum absolute atomic E-state index is 0. The van der Waals surface area contributed by atoms with Crippen LogP contribution >= 0.6 is 12.4 Å². The Morgan fingerprint density at radius 1 is 1.69 bits per heavy atom. The Balaban J connectivity index is 0.00000128. The van der Waals surface area contributed by atoms with Crippen LogP contribution < -0.4 is 10.6 Å². The van der Waals surface area contributed by atoms with Crippen molar-refractivity contribution in [3.8, 4) is 0 Å². The fraction of sp³-hybridized carbons (Fsp3) is 0.600. The van der Waals surface area contributed by atoms with Gasteiger partial charge in [-0.25, -0.2) is 0 Å². The number of aryl methyl sites for hydroxylation is 1. The molecule has 1 aromatic rings. The number of rotatable bonds is 3. The number of hydrogen-bond donors (Lipinski definition) is 2. The van der Waals surface area contributed by atoms with E-state index in [1.807, 2.05) is 20.2 Å². The van der Waals surface area contributed by atoms with Gasteiger partial charge in [0.15, 0.2) is 0 Å². The number of carbonyl (C=O) groups is 1. The topological polar surface area (TPSA) is 59.0 Å². The fourth-order valence-electron chi connectivity index (χ4n) is 1.55. The molecule has 5 nitrogen and oxygen atoms in total. The van der Waals surface area contributed by atoms with Crippen molar-refractivity contribution in [1.82, 2.24) is 20.4 Å². The van der Waals surface area contributed by atoms with Gasteiger partial charge in [0.05, 0.1) is 18.2 Å². The third-order valence-corrected chi connectivity index (χ3v) is 2.74. The van der Waals surface area contributed by atoms with E-state index in [0.717, 1.165) is 18.7 Å². The third-order valence-electron chi connectivity index (χ3n) is 2.74. The normalized spacial score (nSPS) is 17.1. The summed E-state index contributed by atoms with van der Waals surface area (Å²) in [7, 11) is 1.87. The molecular formula is C10H17ClN4O. The zero-order valence-corrected chi connectivity index (χ0v) is 10.3. The molecule has 0 spiro atoms. The molecule has 0 aliphatic carbocycles. The molecule has 90 valence electrons. The first-order chi connectivity index (χ1) is 7.16. The lowest BCUT2D eigenvalue weighted by molar-refractivity contribution is -0.127. The molecule has 0 bridgehead atoms. The number of nitrogens with one attached hydrogen (secondary N) is 2.